The van der Waals surface area contributed by atoms with Crippen LogP contribution in [0.1, 0.15) is 66.2 Å². The number of rotatable bonds is 5. The van der Waals surface area contributed by atoms with Crippen LogP contribution in [0, 0.1) is 0 Å². The quantitative estimate of drug-likeness (QED) is 0.389. The first-order valence-electron chi connectivity index (χ1n) is 5.92. The van der Waals surface area contributed by atoms with Crippen LogP contribution in [0.25, 0.3) is 0 Å². The van der Waals surface area contributed by atoms with Crippen molar-refractivity contribution in [1.82, 2.24) is 0 Å². The molecule has 0 heterocycles. The Bertz CT molecular complexity index is 80.0. The molecule has 0 atom stereocenters. The van der Waals surface area contributed by atoms with E-state index in [-0.39, 0.29) is 0 Å². The largest absolute Gasteiger partial charge is 0.103 e. The second-order valence-electron chi connectivity index (χ2n) is 3.19. The normalized spacial score (nSPS) is 7.43. The smallest absolute Gasteiger partial charge is 0.0354 e. The molecular formula is C14H30. The Hall–Kier alpha value is -0.520. The molecule has 0 nitrogen and oxygen atoms in total. The first kappa shape index (κ1) is 19.1. The molecule has 0 saturated carbocycles. The summed E-state index contributed by atoms with van der Waals surface area (Å²) >= 11 is 0. The summed E-state index contributed by atoms with van der Waals surface area (Å²) in [6.45, 7) is 15.5. The summed E-state index contributed by atoms with van der Waals surface area (Å²) in [4.78, 5) is 0. The fourth-order valence-electron chi connectivity index (χ4n) is 0.702. The van der Waals surface area contributed by atoms with E-state index in [2.05, 4.69) is 33.9 Å². The molecule has 0 aliphatic heterocycles. The zero-order valence-electron chi connectivity index (χ0n) is 10.8. The molecule has 86 valence electrons. The lowest BCUT2D eigenvalue weighted by atomic mass is 10.3. The molecule has 0 rings (SSSR count). The highest BCUT2D eigenvalue weighted by Gasteiger charge is 1.71. The Balaban J connectivity index is -0.000000138. The summed E-state index contributed by atoms with van der Waals surface area (Å²) in [7, 11) is 0. The molecule has 0 spiro atoms. The Morgan fingerprint density at radius 1 is 0.857 bits per heavy atom. The average Bonchev–Trinajstić information content (AvgIpc) is 2.18. The van der Waals surface area contributed by atoms with Crippen molar-refractivity contribution in [3.8, 4) is 0 Å². The van der Waals surface area contributed by atoms with E-state index in [1.165, 1.54) is 38.5 Å². The van der Waals surface area contributed by atoms with Crippen molar-refractivity contribution in [2.75, 3.05) is 0 Å². The number of unbranched alkanes of at least 4 members (excludes halogenated alkanes) is 4. The van der Waals surface area contributed by atoms with Gasteiger partial charge >= 0.3 is 0 Å². The summed E-state index contributed by atoms with van der Waals surface area (Å²) in [5.41, 5.74) is 0. The third-order valence-corrected chi connectivity index (χ3v) is 1.47. The van der Waals surface area contributed by atoms with E-state index < -0.39 is 0 Å². The van der Waals surface area contributed by atoms with Crippen molar-refractivity contribution in [3.05, 3.63) is 25.3 Å². The van der Waals surface area contributed by atoms with E-state index >= 15 is 0 Å². The lowest BCUT2D eigenvalue weighted by Gasteiger charge is -1.81. The molecule has 0 aliphatic rings. The summed E-state index contributed by atoms with van der Waals surface area (Å²) in [6, 6.07) is 0. The van der Waals surface area contributed by atoms with Gasteiger partial charge in [0, 0.05) is 0 Å². The van der Waals surface area contributed by atoms with Gasteiger partial charge in [-0.15, -0.1) is 13.2 Å². The predicted octanol–water partition coefficient (Wildman–Crippen LogP) is 5.75. The molecule has 0 saturated heterocycles. The first-order valence-corrected chi connectivity index (χ1v) is 5.92. The van der Waals surface area contributed by atoms with Crippen molar-refractivity contribution < 1.29 is 0 Å². The zero-order valence-corrected chi connectivity index (χ0v) is 10.8. The standard InChI is InChI=1S/C6H12.C5H12.C3H6/c1-3-5-6-4-2;1-3-5-4-2;1-3-2/h3H,1,4-6H2,2H3;3-5H2,1-2H3;3H,1H2,2H3. The molecular weight excluding hydrogens is 168 g/mol. The highest BCUT2D eigenvalue weighted by molar-refractivity contribution is 4.64. The van der Waals surface area contributed by atoms with Gasteiger partial charge in [0.2, 0.25) is 0 Å². The maximum atomic E-state index is 3.60. The Morgan fingerprint density at radius 2 is 1.21 bits per heavy atom. The molecule has 0 fully saturated rings. The highest BCUT2D eigenvalue weighted by atomic mass is 13.8. The van der Waals surface area contributed by atoms with Crippen molar-refractivity contribution >= 4 is 0 Å². The predicted molar refractivity (Wildman–Crippen MR) is 70.8 cm³/mol. The van der Waals surface area contributed by atoms with Gasteiger partial charge in [0.25, 0.3) is 0 Å². The van der Waals surface area contributed by atoms with E-state index in [4.69, 9.17) is 0 Å². The molecule has 14 heavy (non-hydrogen) atoms. The summed E-state index contributed by atoms with van der Waals surface area (Å²) in [5.74, 6) is 0. The van der Waals surface area contributed by atoms with Gasteiger partial charge in [0.15, 0.2) is 0 Å². The number of hydrogen-bond acceptors (Lipinski definition) is 0. The van der Waals surface area contributed by atoms with Crippen LogP contribution in [0.5, 0.6) is 0 Å². The third-order valence-electron chi connectivity index (χ3n) is 1.47. The highest BCUT2D eigenvalue weighted by Crippen LogP contribution is 1.91. The van der Waals surface area contributed by atoms with Crippen LogP contribution in [0.2, 0.25) is 0 Å². The third kappa shape index (κ3) is 62.8. The van der Waals surface area contributed by atoms with Crippen LogP contribution in [0.4, 0.5) is 0 Å². The SMILES string of the molecule is C=CC.C=CCCCC.CCCCC. The molecule has 0 bridgehead atoms. The number of allylic oxidation sites excluding steroid dienone is 2. The van der Waals surface area contributed by atoms with Crippen LogP contribution in [-0.2, 0) is 0 Å². The van der Waals surface area contributed by atoms with Gasteiger partial charge in [-0.05, 0) is 13.3 Å². The van der Waals surface area contributed by atoms with Crippen LogP contribution in [0.15, 0.2) is 25.3 Å². The maximum absolute atomic E-state index is 3.60. The maximum Gasteiger partial charge on any atom is -0.0354 e. The molecule has 0 radical (unpaired) electrons. The molecule has 0 unspecified atom stereocenters. The molecule has 0 aromatic rings. The molecule has 0 aromatic heterocycles. The van der Waals surface area contributed by atoms with Gasteiger partial charge in [0.05, 0.1) is 0 Å². The molecule has 0 heteroatoms. The van der Waals surface area contributed by atoms with Gasteiger partial charge in [-0.2, -0.15) is 0 Å². The Morgan fingerprint density at radius 3 is 1.29 bits per heavy atom. The fourth-order valence-corrected chi connectivity index (χ4v) is 0.702. The Labute approximate surface area is 92.1 Å². The van der Waals surface area contributed by atoms with E-state index in [1.807, 2.05) is 13.0 Å². The lowest BCUT2D eigenvalue weighted by Crippen LogP contribution is -1.61. The van der Waals surface area contributed by atoms with Crippen molar-refractivity contribution in [3.63, 3.8) is 0 Å². The zero-order chi connectivity index (χ0) is 11.7. The van der Waals surface area contributed by atoms with Gasteiger partial charge in [-0.1, -0.05) is 65.0 Å². The van der Waals surface area contributed by atoms with E-state index in [0.717, 1.165) is 0 Å². The molecule has 0 aliphatic carbocycles. The van der Waals surface area contributed by atoms with Crippen molar-refractivity contribution in [2.24, 2.45) is 0 Å². The lowest BCUT2D eigenvalue weighted by molar-refractivity contribution is 0.772. The summed E-state index contributed by atoms with van der Waals surface area (Å²) in [6.07, 6.45) is 11.5. The van der Waals surface area contributed by atoms with Crippen molar-refractivity contribution in [1.29, 1.82) is 0 Å². The van der Waals surface area contributed by atoms with Gasteiger partial charge in [0.1, 0.15) is 0 Å². The van der Waals surface area contributed by atoms with Gasteiger partial charge in [-0.3, -0.25) is 0 Å². The van der Waals surface area contributed by atoms with Crippen LogP contribution >= 0.6 is 0 Å². The van der Waals surface area contributed by atoms with Crippen LogP contribution in [0.3, 0.4) is 0 Å². The minimum atomic E-state index is 1.18. The topological polar surface area (TPSA) is 0 Å². The second kappa shape index (κ2) is 29.4. The van der Waals surface area contributed by atoms with Gasteiger partial charge in [-0.25, -0.2) is 0 Å². The fraction of sp³-hybridized carbons (Fsp3) is 0.714. The monoisotopic (exact) mass is 198 g/mol. The van der Waals surface area contributed by atoms with Crippen LogP contribution in [-0.4, -0.2) is 0 Å². The molecule has 0 amide bonds. The molecule has 0 aromatic carbocycles. The minimum Gasteiger partial charge on any atom is -0.103 e. The number of hydrogen-bond donors (Lipinski definition) is 0. The van der Waals surface area contributed by atoms with Crippen molar-refractivity contribution in [2.45, 2.75) is 66.2 Å². The minimum absolute atomic E-state index is 1.18. The molecule has 0 N–H and O–H groups in total. The van der Waals surface area contributed by atoms with E-state index in [9.17, 15) is 0 Å². The van der Waals surface area contributed by atoms with Crippen LogP contribution < -0.4 is 0 Å². The summed E-state index contributed by atoms with van der Waals surface area (Å²) < 4.78 is 0. The van der Waals surface area contributed by atoms with E-state index in [0.29, 0.717) is 0 Å². The average molecular weight is 198 g/mol. The first-order chi connectivity index (χ1) is 6.74. The second-order valence-corrected chi connectivity index (χ2v) is 3.19. The van der Waals surface area contributed by atoms with E-state index in [1.54, 1.807) is 6.08 Å². The Kier molecular flexibility index (Phi) is 40.1. The van der Waals surface area contributed by atoms with Gasteiger partial charge < -0.3 is 0 Å². The summed E-state index contributed by atoms with van der Waals surface area (Å²) in [5, 5.41) is 0.